The predicted molar refractivity (Wildman–Crippen MR) is 90.6 cm³/mol. The average molecular weight is 330 g/mol. The average Bonchev–Trinajstić information content (AvgIpc) is 3.20. The van der Waals surface area contributed by atoms with E-state index in [0.29, 0.717) is 12.5 Å². The van der Waals surface area contributed by atoms with Crippen LogP contribution in [0.1, 0.15) is 17.5 Å². The second kappa shape index (κ2) is 6.82. The van der Waals surface area contributed by atoms with Gasteiger partial charge in [-0.15, -0.1) is 0 Å². The maximum absolute atomic E-state index is 12.4. The lowest BCUT2D eigenvalue weighted by Gasteiger charge is -2.37. The first-order chi connectivity index (χ1) is 11.7. The first-order valence-electron chi connectivity index (χ1n) is 8.96. The first-order valence-corrected chi connectivity index (χ1v) is 8.96. The Kier molecular flexibility index (Phi) is 4.57. The molecule has 0 radical (unpaired) electrons. The summed E-state index contributed by atoms with van der Waals surface area (Å²) in [4.78, 5) is 16.9. The Morgan fingerprint density at radius 1 is 1.29 bits per heavy atom. The Morgan fingerprint density at radius 2 is 2.21 bits per heavy atom. The van der Waals surface area contributed by atoms with Crippen molar-refractivity contribution in [1.29, 1.82) is 0 Å². The smallest absolute Gasteiger partial charge is 0.249 e. The van der Waals surface area contributed by atoms with Crippen molar-refractivity contribution in [3.05, 3.63) is 35.4 Å². The number of nitrogens with zero attached hydrogens (tertiary/aromatic N) is 2. The summed E-state index contributed by atoms with van der Waals surface area (Å²) >= 11 is 0. The number of carbonyl (C=O) groups excluding carboxylic acids is 1. The maximum atomic E-state index is 12.4. The summed E-state index contributed by atoms with van der Waals surface area (Å²) in [6.45, 7) is 7.66. The number of fused-ring (bicyclic) bond motifs is 1. The van der Waals surface area contributed by atoms with E-state index in [0.717, 1.165) is 39.3 Å². The van der Waals surface area contributed by atoms with Gasteiger partial charge in [-0.1, -0.05) is 29.8 Å². The Morgan fingerprint density at radius 3 is 3.00 bits per heavy atom. The zero-order valence-electron chi connectivity index (χ0n) is 14.3. The molecule has 0 spiro atoms. The number of ether oxygens (including phenoxy) is 2. The maximum Gasteiger partial charge on any atom is 0.249 e. The molecule has 1 aromatic rings. The highest BCUT2D eigenvalue weighted by atomic mass is 16.5. The minimum Gasteiger partial charge on any atom is -0.381 e. The van der Waals surface area contributed by atoms with Crippen LogP contribution in [0.5, 0.6) is 0 Å². The lowest BCUT2D eigenvalue weighted by molar-refractivity contribution is -0.153. The second-order valence-corrected chi connectivity index (χ2v) is 7.38. The van der Waals surface area contributed by atoms with E-state index in [1.165, 1.54) is 11.1 Å². The number of rotatable bonds is 4. The Bertz CT molecular complexity index is 600. The normalized spacial score (nSPS) is 30.8. The molecule has 3 aliphatic heterocycles. The van der Waals surface area contributed by atoms with Gasteiger partial charge in [0.2, 0.25) is 5.91 Å². The van der Waals surface area contributed by atoms with Crippen LogP contribution >= 0.6 is 0 Å². The Labute approximate surface area is 143 Å². The van der Waals surface area contributed by atoms with Crippen LogP contribution in [0.3, 0.4) is 0 Å². The minimum absolute atomic E-state index is 0.115. The van der Waals surface area contributed by atoms with E-state index in [9.17, 15) is 4.79 Å². The van der Waals surface area contributed by atoms with Gasteiger partial charge >= 0.3 is 0 Å². The molecule has 24 heavy (non-hydrogen) atoms. The molecule has 3 saturated heterocycles. The van der Waals surface area contributed by atoms with Crippen molar-refractivity contribution < 1.29 is 14.3 Å². The molecular weight excluding hydrogens is 304 g/mol. The zero-order valence-corrected chi connectivity index (χ0v) is 14.3. The Hall–Kier alpha value is -1.43. The van der Waals surface area contributed by atoms with E-state index in [-0.39, 0.29) is 24.7 Å². The van der Waals surface area contributed by atoms with Gasteiger partial charge in [-0.25, -0.2) is 0 Å². The highest BCUT2D eigenvalue weighted by molar-refractivity contribution is 5.78. The van der Waals surface area contributed by atoms with Crippen LogP contribution in [0.15, 0.2) is 24.3 Å². The predicted octanol–water partition coefficient (Wildman–Crippen LogP) is 1.44. The van der Waals surface area contributed by atoms with Gasteiger partial charge in [-0.3, -0.25) is 9.69 Å². The fourth-order valence-electron chi connectivity index (χ4n) is 4.20. The van der Waals surface area contributed by atoms with Crippen LogP contribution in [0.2, 0.25) is 0 Å². The molecule has 3 aliphatic rings. The van der Waals surface area contributed by atoms with E-state index in [4.69, 9.17) is 9.47 Å². The van der Waals surface area contributed by atoms with Gasteiger partial charge in [-0.2, -0.15) is 0 Å². The van der Waals surface area contributed by atoms with E-state index in [1.54, 1.807) is 0 Å². The molecule has 0 aliphatic carbocycles. The van der Waals surface area contributed by atoms with Crippen LogP contribution in [-0.4, -0.2) is 67.3 Å². The molecule has 0 saturated carbocycles. The summed E-state index contributed by atoms with van der Waals surface area (Å²) in [5.74, 6) is 0.745. The van der Waals surface area contributed by atoms with E-state index in [1.807, 2.05) is 4.90 Å². The van der Waals surface area contributed by atoms with Crippen molar-refractivity contribution in [1.82, 2.24) is 9.80 Å². The third kappa shape index (κ3) is 3.34. The molecule has 1 aromatic carbocycles. The zero-order chi connectivity index (χ0) is 16.5. The number of carbonyl (C=O) groups is 1. The fourth-order valence-corrected chi connectivity index (χ4v) is 4.20. The van der Waals surface area contributed by atoms with E-state index < -0.39 is 0 Å². The topological polar surface area (TPSA) is 42.0 Å². The fraction of sp³-hybridized carbons (Fsp3) is 0.632. The SMILES string of the molecule is Cc1cccc(CN2C(=O)CO[C@@H]3CN(C[C@@H]4CCOC4)C[C@H]32)c1. The van der Waals surface area contributed by atoms with Crippen molar-refractivity contribution in [2.24, 2.45) is 5.92 Å². The minimum atomic E-state index is 0.115. The van der Waals surface area contributed by atoms with Gasteiger partial charge in [0.25, 0.3) is 0 Å². The van der Waals surface area contributed by atoms with Gasteiger partial charge in [0.15, 0.2) is 0 Å². The third-order valence-electron chi connectivity index (χ3n) is 5.43. The highest BCUT2D eigenvalue weighted by Gasteiger charge is 2.43. The molecular formula is C19H26N2O3. The van der Waals surface area contributed by atoms with Crippen molar-refractivity contribution in [2.45, 2.75) is 32.0 Å². The number of hydrogen-bond acceptors (Lipinski definition) is 4. The molecule has 1 amide bonds. The third-order valence-corrected chi connectivity index (χ3v) is 5.43. The summed E-state index contributed by atoms with van der Waals surface area (Å²) in [6, 6.07) is 8.60. The second-order valence-electron chi connectivity index (χ2n) is 7.38. The van der Waals surface area contributed by atoms with Gasteiger partial charge in [0.05, 0.1) is 18.8 Å². The molecule has 3 atom stereocenters. The largest absolute Gasteiger partial charge is 0.381 e. The lowest BCUT2D eigenvalue weighted by Crippen LogP contribution is -2.53. The summed E-state index contributed by atoms with van der Waals surface area (Å²) in [5, 5.41) is 0. The highest BCUT2D eigenvalue weighted by Crippen LogP contribution is 2.27. The van der Waals surface area contributed by atoms with Crippen LogP contribution in [0, 0.1) is 12.8 Å². The molecule has 0 unspecified atom stereocenters. The van der Waals surface area contributed by atoms with E-state index in [2.05, 4.69) is 36.1 Å². The number of aryl methyl sites for hydroxylation is 1. The first kappa shape index (κ1) is 16.1. The number of benzene rings is 1. The van der Waals surface area contributed by atoms with Gasteiger partial charge in [-0.05, 0) is 24.8 Å². The standard InChI is InChI=1S/C19H26N2O3/c1-14-3-2-4-15(7-14)9-21-17-10-20(8-16-5-6-23-12-16)11-18(17)24-13-19(21)22/h2-4,7,16-18H,5-6,8-13H2,1H3/t16-,17+,18+/m0/s1. The van der Waals surface area contributed by atoms with Crippen molar-refractivity contribution >= 4 is 5.91 Å². The number of morpholine rings is 1. The van der Waals surface area contributed by atoms with Gasteiger partial charge in [0.1, 0.15) is 6.61 Å². The summed E-state index contributed by atoms with van der Waals surface area (Å²) in [6.07, 6.45) is 1.30. The van der Waals surface area contributed by atoms with Crippen LogP contribution < -0.4 is 0 Å². The van der Waals surface area contributed by atoms with Crippen molar-refractivity contribution in [3.63, 3.8) is 0 Å². The van der Waals surface area contributed by atoms with Gasteiger partial charge in [0, 0.05) is 32.8 Å². The molecule has 3 heterocycles. The molecule has 5 heteroatoms. The molecule has 5 nitrogen and oxygen atoms in total. The number of hydrogen-bond donors (Lipinski definition) is 0. The molecule has 0 N–H and O–H groups in total. The van der Waals surface area contributed by atoms with Crippen LogP contribution in [-0.2, 0) is 20.8 Å². The van der Waals surface area contributed by atoms with Crippen molar-refractivity contribution in [3.8, 4) is 0 Å². The monoisotopic (exact) mass is 330 g/mol. The van der Waals surface area contributed by atoms with Crippen LogP contribution in [0.4, 0.5) is 0 Å². The quantitative estimate of drug-likeness (QED) is 0.838. The summed E-state index contributed by atoms with van der Waals surface area (Å²) in [7, 11) is 0. The summed E-state index contributed by atoms with van der Waals surface area (Å²) < 4.78 is 11.3. The summed E-state index contributed by atoms with van der Waals surface area (Å²) in [5.41, 5.74) is 2.44. The molecule has 130 valence electrons. The van der Waals surface area contributed by atoms with Crippen molar-refractivity contribution in [2.75, 3.05) is 39.5 Å². The number of likely N-dealkylation sites (tertiary alicyclic amines) is 1. The molecule has 0 bridgehead atoms. The Balaban J connectivity index is 1.44. The molecule has 0 aromatic heterocycles. The van der Waals surface area contributed by atoms with E-state index >= 15 is 0 Å². The number of amides is 1. The van der Waals surface area contributed by atoms with Crippen LogP contribution in [0.25, 0.3) is 0 Å². The van der Waals surface area contributed by atoms with Gasteiger partial charge < -0.3 is 14.4 Å². The molecule has 4 rings (SSSR count). The lowest BCUT2D eigenvalue weighted by atomic mass is 10.1. The molecule has 3 fully saturated rings.